The van der Waals surface area contributed by atoms with E-state index in [4.69, 9.17) is 5.11 Å². The molecular formula is C8H6O2S2. The van der Waals surface area contributed by atoms with Crippen molar-refractivity contribution in [2.24, 2.45) is 0 Å². The van der Waals surface area contributed by atoms with Crippen LogP contribution in [-0.4, -0.2) is 10.9 Å². The number of Topliss-reactive ketones (excluding diaryl/α,β-unsaturated/α-hetero) is 1. The number of aromatic hydroxyl groups is 1. The van der Waals surface area contributed by atoms with Crippen LogP contribution in [0.15, 0.2) is 11.4 Å². The third-order valence-electron chi connectivity index (χ3n) is 1.64. The zero-order chi connectivity index (χ0) is 8.72. The summed E-state index contributed by atoms with van der Waals surface area (Å²) in [6, 6.07) is 1.65. The lowest BCUT2D eigenvalue weighted by Crippen LogP contribution is -1.86. The van der Waals surface area contributed by atoms with Crippen molar-refractivity contribution in [3.8, 4) is 5.06 Å². The maximum atomic E-state index is 11.1. The minimum atomic E-state index is 0.0547. The molecule has 2 rings (SSSR count). The number of fused-ring (bicyclic) bond motifs is 1. The van der Waals surface area contributed by atoms with E-state index in [0.717, 1.165) is 9.40 Å². The van der Waals surface area contributed by atoms with Crippen molar-refractivity contribution in [3.63, 3.8) is 0 Å². The van der Waals surface area contributed by atoms with E-state index in [0.29, 0.717) is 5.56 Å². The van der Waals surface area contributed by atoms with Gasteiger partial charge in [-0.25, -0.2) is 0 Å². The summed E-state index contributed by atoms with van der Waals surface area (Å²) in [7, 11) is 0. The van der Waals surface area contributed by atoms with Crippen LogP contribution in [0.3, 0.4) is 0 Å². The monoisotopic (exact) mass is 198 g/mol. The molecule has 2 heterocycles. The molecule has 2 aromatic heterocycles. The van der Waals surface area contributed by atoms with Crippen LogP contribution in [0.1, 0.15) is 17.3 Å². The van der Waals surface area contributed by atoms with Crippen molar-refractivity contribution in [2.75, 3.05) is 0 Å². The predicted molar refractivity (Wildman–Crippen MR) is 51.4 cm³/mol. The molecule has 0 fully saturated rings. The van der Waals surface area contributed by atoms with E-state index in [9.17, 15) is 4.79 Å². The summed E-state index contributed by atoms with van der Waals surface area (Å²) in [5.41, 5.74) is 0.714. The molecule has 0 aliphatic rings. The van der Waals surface area contributed by atoms with Gasteiger partial charge in [0.15, 0.2) is 10.8 Å². The molecule has 0 unspecified atom stereocenters. The van der Waals surface area contributed by atoms with Gasteiger partial charge in [0.25, 0.3) is 0 Å². The molecule has 1 N–H and O–H groups in total. The standard InChI is InChI=1S/C8H6O2S2/c1-4(9)6-3-11-8-5(6)2-7(10)12-8/h2-3,10H,1H3. The van der Waals surface area contributed by atoms with Gasteiger partial charge in [0.2, 0.25) is 0 Å². The number of rotatable bonds is 1. The van der Waals surface area contributed by atoms with Gasteiger partial charge in [0.1, 0.15) is 0 Å². The third kappa shape index (κ3) is 1.04. The Morgan fingerprint density at radius 1 is 1.58 bits per heavy atom. The highest BCUT2D eigenvalue weighted by Crippen LogP contribution is 2.37. The molecule has 0 aliphatic carbocycles. The van der Waals surface area contributed by atoms with Crippen LogP contribution in [0.25, 0.3) is 9.40 Å². The van der Waals surface area contributed by atoms with Gasteiger partial charge in [0, 0.05) is 22.4 Å². The first-order valence-corrected chi connectivity index (χ1v) is 5.09. The van der Waals surface area contributed by atoms with E-state index < -0.39 is 0 Å². The van der Waals surface area contributed by atoms with Crippen molar-refractivity contribution >= 4 is 37.9 Å². The average Bonchev–Trinajstić information content (AvgIpc) is 2.43. The van der Waals surface area contributed by atoms with Gasteiger partial charge in [-0.2, -0.15) is 0 Å². The smallest absolute Gasteiger partial charge is 0.173 e. The first kappa shape index (κ1) is 7.76. The van der Waals surface area contributed by atoms with Gasteiger partial charge in [-0.1, -0.05) is 11.3 Å². The summed E-state index contributed by atoms with van der Waals surface area (Å²) in [6.07, 6.45) is 0. The minimum Gasteiger partial charge on any atom is -0.499 e. The first-order chi connectivity index (χ1) is 5.68. The van der Waals surface area contributed by atoms with Gasteiger partial charge in [0.05, 0.1) is 4.01 Å². The molecule has 0 aliphatic heterocycles. The van der Waals surface area contributed by atoms with Crippen LogP contribution in [0, 0.1) is 0 Å². The molecule has 0 saturated heterocycles. The zero-order valence-corrected chi connectivity index (χ0v) is 7.96. The second-order valence-corrected chi connectivity index (χ2v) is 4.66. The Balaban J connectivity index is 2.76. The maximum Gasteiger partial charge on any atom is 0.173 e. The largest absolute Gasteiger partial charge is 0.499 e. The Kier molecular flexibility index (Phi) is 1.66. The second-order valence-electron chi connectivity index (χ2n) is 2.49. The van der Waals surface area contributed by atoms with Crippen LogP contribution >= 0.6 is 22.7 Å². The predicted octanol–water partition coefficient (Wildman–Crippen LogP) is 2.87. The SMILES string of the molecule is CC(=O)c1csc2sc(O)cc12. The van der Waals surface area contributed by atoms with Crippen LogP contribution in [-0.2, 0) is 0 Å². The van der Waals surface area contributed by atoms with Gasteiger partial charge < -0.3 is 5.11 Å². The van der Waals surface area contributed by atoms with E-state index in [1.54, 1.807) is 6.07 Å². The summed E-state index contributed by atoms with van der Waals surface area (Å²) in [5.74, 6) is 0.0547. The number of carbonyl (C=O) groups excluding carboxylic acids is 1. The van der Waals surface area contributed by atoms with Gasteiger partial charge in [-0.15, -0.1) is 11.3 Å². The highest BCUT2D eigenvalue weighted by molar-refractivity contribution is 7.38. The van der Waals surface area contributed by atoms with E-state index in [2.05, 4.69) is 0 Å². The summed E-state index contributed by atoms with van der Waals surface area (Å²) < 4.78 is 1.01. The Morgan fingerprint density at radius 3 is 3.00 bits per heavy atom. The van der Waals surface area contributed by atoms with Gasteiger partial charge >= 0.3 is 0 Å². The van der Waals surface area contributed by atoms with Crippen LogP contribution < -0.4 is 0 Å². The lowest BCUT2D eigenvalue weighted by atomic mass is 10.2. The fraction of sp³-hybridized carbons (Fsp3) is 0.125. The third-order valence-corrected chi connectivity index (χ3v) is 3.70. The molecule has 62 valence electrons. The van der Waals surface area contributed by atoms with Crippen LogP contribution in [0.4, 0.5) is 0 Å². The maximum absolute atomic E-state index is 11.1. The molecule has 0 aromatic carbocycles. The van der Waals surface area contributed by atoms with Gasteiger partial charge in [-0.3, -0.25) is 4.79 Å². The van der Waals surface area contributed by atoms with Crippen LogP contribution in [0.5, 0.6) is 5.06 Å². The normalized spacial score (nSPS) is 10.8. The summed E-state index contributed by atoms with van der Waals surface area (Å²) in [6.45, 7) is 1.54. The van der Waals surface area contributed by atoms with E-state index in [1.807, 2.05) is 5.38 Å². The summed E-state index contributed by atoms with van der Waals surface area (Å²) >= 11 is 2.81. The molecule has 4 heteroatoms. The highest BCUT2D eigenvalue weighted by Gasteiger charge is 2.10. The molecule has 0 radical (unpaired) electrons. The van der Waals surface area contributed by atoms with Crippen molar-refractivity contribution in [3.05, 3.63) is 17.0 Å². The first-order valence-electron chi connectivity index (χ1n) is 3.39. The molecule has 0 atom stereocenters. The van der Waals surface area contributed by atoms with Crippen molar-refractivity contribution < 1.29 is 9.90 Å². The number of carbonyl (C=O) groups is 1. The highest BCUT2D eigenvalue weighted by atomic mass is 32.2. The Hall–Kier alpha value is -0.870. The molecule has 2 aromatic rings. The molecule has 0 spiro atoms. The Labute approximate surface area is 77.1 Å². The molecule has 0 saturated carbocycles. The van der Waals surface area contributed by atoms with Crippen molar-refractivity contribution in [1.82, 2.24) is 0 Å². The number of ketones is 1. The lowest BCUT2D eigenvalue weighted by Gasteiger charge is -1.85. The van der Waals surface area contributed by atoms with E-state index >= 15 is 0 Å². The number of hydrogen-bond acceptors (Lipinski definition) is 4. The van der Waals surface area contributed by atoms with Gasteiger partial charge in [-0.05, 0) is 6.92 Å². The topological polar surface area (TPSA) is 37.3 Å². The fourth-order valence-corrected chi connectivity index (χ4v) is 3.14. The molecule has 0 bridgehead atoms. The van der Waals surface area contributed by atoms with E-state index in [1.165, 1.54) is 29.6 Å². The second kappa shape index (κ2) is 2.57. The Morgan fingerprint density at radius 2 is 2.33 bits per heavy atom. The van der Waals surface area contributed by atoms with Crippen molar-refractivity contribution in [1.29, 1.82) is 0 Å². The molecular weight excluding hydrogens is 192 g/mol. The average molecular weight is 198 g/mol. The molecule has 12 heavy (non-hydrogen) atoms. The summed E-state index contributed by atoms with van der Waals surface area (Å²) in [4.78, 5) is 11.1. The quantitative estimate of drug-likeness (QED) is 0.715. The Bertz CT molecular complexity index is 439. The number of thiophene rings is 2. The fourth-order valence-electron chi connectivity index (χ4n) is 1.09. The lowest BCUT2D eigenvalue weighted by molar-refractivity contribution is 0.101. The van der Waals surface area contributed by atoms with E-state index in [-0.39, 0.29) is 10.8 Å². The van der Waals surface area contributed by atoms with Crippen molar-refractivity contribution in [2.45, 2.75) is 6.92 Å². The molecule has 0 amide bonds. The van der Waals surface area contributed by atoms with Crippen LogP contribution in [0.2, 0.25) is 0 Å². The summed E-state index contributed by atoms with van der Waals surface area (Å²) in [5, 5.41) is 12.2. The minimum absolute atomic E-state index is 0.0547. The number of hydrogen-bond donors (Lipinski definition) is 1. The molecule has 2 nitrogen and oxygen atoms in total. The zero-order valence-electron chi connectivity index (χ0n) is 6.33.